The monoisotopic (exact) mass is 205 g/mol. The Bertz CT molecular complexity index is 496. The molecule has 2 rings (SSSR count). The van der Waals surface area contributed by atoms with Gasteiger partial charge in [-0.05, 0) is 12.5 Å². The topological polar surface area (TPSA) is 22.0 Å². The van der Waals surface area contributed by atoms with Gasteiger partial charge in [-0.2, -0.15) is 0 Å². The van der Waals surface area contributed by atoms with Crippen LogP contribution in [0.1, 0.15) is 5.69 Å². The number of nitrogens with zero attached hydrogens (tertiary/aromatic N) is 1. The molecule has 0 bridgehead atoms. The van der Waals surface area contributed by atoms with Gasteiger partial charge in [-0.3, -0.25) is 4.79 Å². The second-order valence-corrected chi connectivity index (χ2v) is 4.17. The molecule has 72 valence electrons. The maximum atomic E-state index is 11.4. The molecule has 14 heavy (non-hydrogen) atoms. The number of aromatic nitrogens is 1. The first-order valence-electron chi connectivity index (χ1n) is 4.42. The maximum absolute atomic E-state index is 11.4. The predicted octanol–water partition coefficient (Wildman–Crippen LogP) is 2.42. The molecule has 0 atom stereocenters. The van der Waals surface area contributed by atoms with E-state index >= 15 is 0 Å². The van der Waals surface area contributed by atoms with E-state index in [4.69, 9.17) is 0 Å². The summed E-state index contributed by atoms with van der Waals surface area (Å²) in [4.78, 5) is 12.6. The van der Waals surface area contributed by atoms with Gasteiger partial charge in [-0.15, -0.1) is 0 Å². The lowest BCUT2D eigenvalue weighted by atomic mass is 10.2. The summed E-state index contributed by atoms with van der Waals surface area (Å²) >= 11 is 1.30. The lowest BCUT2D eigenvalue weighted by molar-refractivity contribution is 0.855. The molecule has 0 aliphatic carbocycles. The Labute approximate surface area is 86.4 Å². The minimum Gasteiger partial charge on any atom is -0.306 e. The molecule has 0 aliphatic heterocycles. The highest BCUT2D eigenvalue weighted by molar-refractivity contribution is 7.13. The fourth-order valence-corrected chi connectivity index (χ4v) is 2.36. The maximum Gasteiger partial charge on any atom is 0.307 e. The predicted molar refractivity (Wildman–Crippen MR) is 59.7 cm³/mol. The van der Waals surface area contributed by atoms with Crippen molar-refractivity contribution < 1.29 is 0 Å². The molecule has 2 aromatic rings. The third kappa shape index (κ3) is 1.40. The second-order valence-electron chi connectivity index (χ2n) is 3.21. The van der Waals surface area contributed by atoms with E-state index in [1.807, 2.05) is 37.3 Å². The summed E-state index contributed by atoms with van der Waals surface area (Å²) in [5.74, 6) is 0. The Hall–Kier alpha value is -1.35. The average molecular weight is 205 g/mol. The fraction of sp³-hybridized carbons (Fsp3) is 0.182. The van der Waals surface area contributed by atoms with E-state index in [1.165, 1.54) is 11.3 Å². The number of hydrogen-bond acceptors (Lipinski definition) is 2. The molecule has 2 nitrogen and oxygen atoms in total. The standard InChI is InChI=1S/C11H11NOS/c1-8-10(14-11(13)12(8)2)9-6-4-3-5-7-9/h3-7H,1-2H3. The highest BCUT2D eigenvalue weighted by Gasteiger charge is 2.08. The molecule has 1 heterocycles. The minimum absolute atomic E-state index is 0.0985. The van der Waals surface area contributed by atoms with Gasteiger partial charge in [-0.1, -0.05) is 41.7 Å². The molecular formula is C11H11NOS. The van der Waals surface area contributed by atoms with Gasteiger partial charge in [0.2, 0.25) is 0 Å². The van der Waals surface area contributed by atoms with E-state index in [0.717, 1.165) is 16.1 Å². The van der Waals surface area contributed by atoms with Crippen molar-refractivity contribution in [3.05, 3.63) is 45.7 Å². The summed E-state index contributed by atoms with van der Waals surface area (Å²) in [5, 5.41) is 0. The molecule has 1 aromatic heterocycles. The van der Waals surface area contributed by atoms with Crippen LogP contribution in [0.2, 0.25) is 0 Å². The Morgan fingerprint density at radius 3 is 2.36 bits per heavy atom. The van der Waals surface area contributed by atoms with Crippen LogP contribution in [0.3, 0.4) is 0 Å². The molecule has 0 fully saturated rings. The van der Waals surface area contributed by atoms with Crippen LogP contribution >= 0.6 is 11.3 Å². The second kappa shape index (κ2) is 3.42. The van der Waals surface area contributed by atoms with Crippen molar-refractivity contribution in [3.8, 4) is 10.4 Å². The number of rotatable bonds is 1. The zero-order valence-corrected chi connectivity index (χ0v) is 8.97. The van der Waals surface area contributed by atoms with E-state index < -0.39 is 0 Å². The normalized spacial score (nSPS) is 10.4. The zero-order valence-electron chi connectivity index (χ0n) is 8.15. The van der Waals surface area contributed by atoms with Crippen molar-refractivity contribution in [1.82, 2.24) is 4.57 Å². The highest BCUT2D eigenvalue weighted by atomic mass is 32.1. The minimum atomic E-state index is 0.0985. The van der Waals surface area contributed by atoms with Crippen molar-refractivity contribution in [2.24, 2.45) is 7.05 Å². The molecule has 3 heteroatoms. The van der Waals surface area contributed by atoms with Crippen LogP contribution < -0.4 is 4.87 Å². The van der Waals surface area contributed by atoms with Crippen molar-refractivity contribution in [2.75, 3.05) is 0 Å². The average Bonchev–Trinajstić information content (AvgIpc) is 2.47. The van der Waals surface area contributed by atoms with Crippen LogP contribution in [-0.4, -0.2) is 4.57 Å². The molecule has 1 aromatic carbocycles. The van der Waals surface area contributed by atoms with Gasteiger partial charge in [0.25, 0.3) is 0 Å². The first-order valence-corrected chi connectivity index (χ1v) is 5.23. The third-order valence-electron chi connectivity index (χ3n) is 2.33. The van der Waals surface area contributed by atoms with E-state index in [9.17, 15) is 4.79 Å². The lowest BCUT2D eigenvalue weighted by Gasteiger charge is -1.99. The largest absolute Gasteiger partial charge is 0.307 e. The zero-order chi connectivity index (χ0) is 10.1. The molecule has 0 aliphatic rings. The van der Waals surface area contributed by atoms with Gasteiger partial charge in [0, 0.05) is 12.7 Å². The summed E-state index contributed by atoms with van der Waals surface area (Å²) < 4.78 is 1.69. The number of benzene rings is 1. The van der Waals surface area contributed by atoms with Crippen LogP contribution in [-0.2, 0) is 7.05 Å². The summed E-state index contributed by atoms with van der Waals surface area (Å²) in [6, 6.07) is 10.00. The van der Waals surface area contributed by atoms with Crippen LogP contribution in [0.15, 0.2) is 35.1 Å². The van der Waals surface area contributed by atoms with E-state index in [0.29, 0.717) is 0 Å². The molecule has 0 saturated heterocycles. The smallest absolute Gasteiger partial charge is 0.306 e. The quantitative estimate of drug-likeness (QED) is 0.700. The van der Waals surface area contributed by atoms with Crippen LogP contribution in [0.5, 0.6) is 0 Å². The molecular weight excluding hydrogens is 194 g/mol. The van der Waals surface area contributed by atoms with Crippen molar-refractivity contribution in [2.45, 2.75) is 6.92 Å². The van der Waals surface area contributed by atoms with Gasteiger partial charge in [0.05, 0.1) is 4.88 Å². The van der Waals surface area contributed by atoms with Gasteiger partial charge in [-0.25, -0.2) is 0 Å². The van der Waals surface area contributed by atoms with Crippen LogP contribution in [0, 0.1) is 6.92 Å². The van der Waals surface area contributed by atoms with Gasteiger partial charge < -0.3 is 4.57 Å². The molecule has 0 amide bonds. The van der Waals surface area contributed by atoms with E-state index in [2.05, 4.69) is 0 Å². The van der Waals surface area contributed by atoms with Crippen molar-refractivity contribution >= 4 is 11.3 Å². The van der Waals surface area contributed by atoms with Crippen molar-refractivity contribution in [3.63, 3.8) is 0 Å². The summed E-state index contributed by atoms with van der Waals surface area (Å²) in [5.41, 5.74) is 2.15. The molecule has 0 N–H and O–H groups in total. The molecule has 0 spiro atoms. The Balaban J connectivity index is 2.64. The SMILES string of the molecule is Cc1c(-c2ccccc2)sc(=O)n1C. The first kappa shape index (κ1) is 9.21. The molecule has 0 unspecified atom stereocenters. The highest BCUT2D eigenvalue weighted by Crippen LogP contribution is 2.25. The van der Waals surface area contributed by atoms with Crippen LogP contribution in [0.25, 0.3) is 10.4 Å². The van der Waals surface area contributed by atoms with E-state index in [1.54, 1.807) is 11.6 Å². The fourth-order valence-electron chi connectivity index (χ4n) is 1.38. The van der Waals surface area contributed by atoms with Gasteiger partial charge in [0.15, 0.2) is 0 Å². The Morgan fingerprint density at radius 1 is 1.21 bits per heavy atom. The van der Waals surface area contributed by atoms with E-state index in [-0.39, 0.29) is 4.87 Å². The van der Waals surface area contributed by atoms with Crippen LogP contribution in [0.4, 0.5) is 0 Å². The molecule has 0 radical (unpaired) electrons. The molecule has 0 saturated carbocycles. The summed E-state index contributed by atoms with van der Waals surface area (Å²) in [6.07, 6.45) is 0. The first-order chi connectivity index (χ1) is 6.70. The van der Waals surface area contributed by atoms with Crippen molar-refractivity contribution in [1.29, 1.82) is 0 Å². The summed E-state index contributed by atoms with van der Waals surface area (Å²) in [7, 11) is 1.81. The lowest BCUT2D eigenvalue weighted by Crippen LogP contribution is -2.08. The summed E-state index contributed by atoms with van der Waals surface area (Å²) in [6.45, 7) is 1.97. The number of thiazole rings is 1. The Kier molecular flexibility index (Phi) is 2.25. The Morgan fingerprint density at radius 2 is 1.86 bits per heavy atom. The third-order valence-corrected chi connectivity index (χ3v) is 3.51. The van der Waals surface area contributed by atoms with Gasteiger partial charge in [0.1, 0.15) is 0 Å². The van der Waals surface area contributed by atoms with Gasteiger partial charge >= 0.3 is 4.87 Å². The number of hydrogen-bond donors (Lipinski definition) is 0.